The first-order valence-electron chi connectivity index (χ1n) is 7.91. The Hall–Kier alpha value is -1.88. The Morgan fingerprint density at radius 3 is 2.68 bits per heavy atom. The molecular formula is C17H22N2O3. The molecule has 2 aliphatic rings. The van der Waals surface area contributed by atoms with Crippen molar-refractivity contribution < 1.29 is 14.3 Å². The Morgan fingerprint density at radius 1 is 1.32 bits per heavy atom. The van der Waals surface area contributed by atoms with Crippen molar-refractivity contribution in [1.82, 2.24) is 10.2 Å². The molecule has 5 nitrogen and oxygen atoms in total. The summed E-state index contributed by atoms with van der Waals surface area (Å²) >= 11 is 0. The summed E-state index contributed by atoms with van der Waals surface area (Å²) in [5.74, 6) is -0.421. The zero-order valence-electron chi connectivity index (χ0n) is 12.9. The first kappa shape index (κ1) is 15.0. The zero-order chi connectivity index (χ0) is 15.6. The van der Waals surface area contributed by atoms with Crippen molar-refractivity contribution in [3.8, 4) is 0 Å². The largest absolute Gasteiger partial charge is 0.465 e. The van der Waals surface area contributed by atoms with E-state index < -0.39 is 0 Å². The van der Waals surface area contributed by atoms with Crippen LogP contribution >= 0.6 is 0 Å². The van der Waals surface area contributed by atoms with E-state index in [2.05, 4.69) is 22.3 Å². The quantitative estimate of drug-likeness (QED) is 0.606. The molecule has 0 bridgehead atoms. The second-order valence-electron chi connectivity index (χ2n) is 5.96. The highest BCUT2D eigenvalue weighted by Gasteiger charge is 2.72. The molecule has 0 radical (unpaired) electrons. The highest BCUT2D eigenvalue weighted by atomic mass is 16.5. The van der Waals surface area contributed by atoms with E-state index in [1.165, 1.54) is 5.56 Å². The number of amides is 1. The smallest absolute Gasteiger partial charge is 0.325 e. The van der Waals surface area contributed by atoms with E-state index in [4.69, 9.17) is 4.74 Å². The Morgan fingerprint density at radius 2 is 2.05 bits per heavy atom. The van der Waals surface area contributed by atoms with Crippen molar-refractivity contribution in [3.05, 3.63) is 35.9 Å². The third kappa shape index (κ3) is 2.99. The van der Waals surface area contributed by atoms with E-state index >= 15 is 0 Å². The van der Waals surface area contributed by atoms with Gasteiger partial charge in [0.2, 0.25) is 5.91 Å². The lowest BCUT2D eigenvalue weighted by atomic mass is 10.1. The molecule has 2 atom stereocenters. The summed E-state index contributed by atoms with van der Waals surface area (Å²) in [6, 6.07) is 10.2. The average molecular weight is 302 g/mol. The van der Waals surface area contributed by atoms with Gasteiger partial charge in [0.05, 0.1) is 6.61 Å². The first-order valence-corrected chi connectivity index (χ1v) is 7.91. The van der Waals surface area contributed by atoms with Crippen LogP contribution in [0.2, 0.25) is 0 Å². The van der Waals surface area contributed by atoms with Gasteiger partial charge in [-0.25, -0.2) is 0 Å². The molecule has 1 aliphatic carbocycles. The highest BCUT2D eigenvalue weighted by Crippen LogP contribution is 2.59. The van der Waals surface area contributed by atoms with Crippen molar-refractivity contribution in [3.63, 3.8) is 0 Å². The van der Waals surface area contributed by atoms with Gasteiger partial charge in [-0.1, -0.05) is 30.3 Å². The van der Waals surface area contributed by atoms with Gasteiger partial charge in [0.25, 0.3) is 0 Å². The van der Waals surface area contributed by atoms with E-state index in [9.17, 15) is 9.59 Å². The first-order chi connectivity index (χ1) is 10.7. The van der Waals surface area contributed by atoms with Crippen LogP contribution in [0.15, 0.2) is 30.3 Å². The van der Waals surface area contributed by atoms with Gasteiger partial charge in [-0.05, 0) is 31.7 Å². The van der Waals surface area contributed by atoms with Gasteiger partial charge < -0.3 is 10.1 Å². The molecule has 1 saturated carbocycles. The molecule has 1 spiro atoms. The average Bonchev–Trinajstić information content (AvgIpc) is 3.43. The van der Waals surface area contributed by atoms with Crippen molar-refractivity contribution in [2.75, 3.05) is 19.7 Å². The fourth-order valence-electron chi connectivity index (χ4n) is 3.22. The van der Waals surface area contributed by atoms with Crippen LogP contribution < -0.4 is 5.32 Å². The number of nitrogens with zero attached hydrogens (tertiary/aromatic N) is 1. The number of rotatable bonds is 7. The van der Waals surface area contributed by atoms with Crippen LogP contribution in [0.1, 0.15) is 25.3 Å². The second kappa shape index (κ2) is 6.08. The lowest BCUT2D eigenvalue weighted by molar-refractivity contribution is -0.143. The summed E-state index contributed by atoms with van der Waals surface area (Å²) in [7, 11) is 0. The van der Waals surface area contributed by atoms with Gasteiger partial charge >= 0.3 is 5.97 Å². The van der Waals surface area contributed by atoms with Crippen molar-refractivity contribution >= 4 is 11.9 Å². The van der Waals surface area contributed by atoms with E-state index in [1.54, 1.807) is 6.92 Å². The summed E-state index contributed by atoms with van der Waals surface area (Å²) in [6.45, 7) is 2.95. The van der Waals surface area contributed by atoms with Crippen LogP contribution in [0.3, 0.4) is 0 Å². The molecule has 1 amide bonds. The monoisotopic (exact) mass is 302 g/mol. The Balaban J connectivity index is 1.48. The van der Waals surface area contributed by atoms with Crippen LogP contribution in [0, 0.1) is 0 Å². The van der Waals surface area contributed by atoms with Gasteiger partial charge in [-0.15, -0.1) is 0 Å². The van der Waals surface area contributed by atoms with Crippen molar-refractivity contribution in [2.24, 2.45) is 0 Å². The molecule has 5 heteroatoms. The number of benzene rings is 1. The fraction of sp³-hybridized carbons (Fsp3) is 0.529. The molecule has 2 unspecified atom stereocenters. The minimum Gasteiger partial charge on any atom is -0.465 e. The molecule has 1 aromatic carbocycles. The maximum Gasteiger partial charge on any atom is 0.325 e. The van der Waals surface area contributed by atoms with Crippen molar-refractivity contribution in [1.29, 1.82) is 0 Å². The van der Waals surface area contributed by atoms with Crippen LogP contribution in [-0.4, -0.2) is 48.1 Å². The molecule has 2 fully saturated rings. The second-order valence-corrected chi connectivity index (χ2v) is 5.96. The van der Waals surface area contributed by atoms with Crippen LogP contribution in [0.25, 0.3) is 0 Å². The third-order valence-corrected chi connectivity index (χ3v) is 4.53. The molecule has 118 valence electrons. The van der Waals surface area contributed by atoms with Gasteiger partial charge in [0, 0.05) is 12.1 Å². The normalized spacial score (nSPS) is 23.9. The fourth-order valence-corrected chi connectivity index (χ4v) is 3.22. The molecule has 1 saturated heterocycles. The molecule has 3 rings (SSSR count). The number of hydrogen-bond donors (Lipinski definition) is 1. The van der Waals surface area contributed by atoms with E-state index in [1.807, 2.05) is 18.2 Å². The van der Waals surface area contributed by atoms with Crippen LogP contribution in [0.4, 0.5) is 0 Å². The van der Waals surface area contributed by atoms with E-state index in [-0.39, 0.29) is 30.0 Å². The number of carbonyl (C=O) groups is 2. The van der Waals surface area contributed by atoms with Gasteiger partial charge in [0.1, 0.15) is 12.6 Å². The summed E-state index contributed by atoms with van der Waals surface area (Å²) in [5.41, 5.74) is 1.38. The topological polar surface area (TPSA) is 58.4 Å². The van der Waals surface area contributed by atoms with Gasteiger partial charge in [0.15, 0.2) is 0 Å². The molecule has 0 aromatic heterocycles. The SMILES string of the molecule is CCOC(=O)CNC(=O)C1N(CCc2ccccc2)C12CC2. The molecule has 1 heterocycles. The number of carbonyl (C=O) groups excluding carboxylic acids is 2. The van der Waals surface area contributed by atoms with Gasteiger partial charge in [-0.2, -0.15) is 0 Å². The van der Waals surface area contributed by atoms with Gasteiger partial charge in [-0.3, -0.25) is 14.5 Å². The minimum absolute atomic E-state index is 0.0359. The molecule has 22 heavy (non-hydrogen) atoms. The van der Waals surface area contributed by atoms with E-state index in [0.717, 1.165) is 25.8 Å². The highest BCUT2D eigenvalue weighted by molar-refractivity contribution is 5.90. The molecule has 1 aromatic rings. The zero-order valence-corrected chi connectivity index (χ0v) is 12.9. The Bertz CT molecular complexity index is 554. The summed E-state index contributed by atoms with van der Waals surface area (Å²) in [6.07, 6.45) is 3.11. The number of esters is 1. The number of ether oxygens (including phenoxy) is 1. The maximum atomic E-state index is 12.2. The maximum absolute atomic E-state index is 12.2. The lowest BCUT2D eigenvalue weighted by Gasteiger charge is -2.06. The number of hydrogen-bond acceptors (Lipinski definition) is 4. The van der Waals surface area contributed by atoms with E-state index in [0.29, 0.717) is 6.61 Å². The standard InChI is InChI=1S/C17H22N2O3/c1-2-22-14(20)12-18-16(21)15-17(9-10-17)19(15)11-8-13-6-4-3-5-7-13/h3-7,15H,2,8-12H2,1H3,(H,18,21). The Labute approximate surface area is 130 Å². The molecule has 1 aliphatic heterocycles. The summed E-state index contributed by atoms with van der Waals surface area (Å²) < 4.78 is 4.82. The molecular weight excluding hydrogens is 280 g/mol. The summed E-state index contributed by atoms with van der Waals surface area (Å²) in [4.78, 5) is 25.8. The minimum atomic E-state index is -0.378. The summed E-state index contributed by atoms with van der Waals surface area (Å²) in [5, 5.41) is 2.70. The predicted molar refractivity (Wildman–Crippen MR) is 82.2 cm³/mol. The third-order valence-electron chi connectivity index (χ3n) is 4.53. The predicted octanol–water partition coefficient (Wildman–Crippen LogP) is 1.13. The Kier molecular flexibility index (Phi) is 4.16. The number of nitrogens with one attached hydrogen (secondary N) is 1. The van der Waals surface area contributed by atoms with Crippen LogP contribution in [-0.2, 0) is 20.7 Å². The lowest BCUT2D eigenvalue weighted by Crippen LogP contribution is -2.35. The van der Waals surface area contributed by atoms with Crippen molar-refractivity contribution in [2.45, 2.75) is 37.8 Å². The van der Waals surface area contributed by atoms with Crippen LogP contribution in [0.5, 0.6) is 0 Å². The molecule has 1 N–H and O–H groups in total.